The highest BCUT2D eigenvalue weighted by Gasteiger charge is 2.53. The molecule has 3 aromatic carbocycles. The molecule has 3 unspecified atom stereocenters. The maximum atomic E-state index is 14.3. The molecule has 52 heavy (non-hydrogen) atoms. The molecule has 0 aromatic heterocycles. The molecule has 12 nitrogen and oxygen atoms in total. The zero-order chi connectivity index (χ0) is 36.6. The Labute approximate surface area is 303 Å². The molecule has 7 rings (SSSR count). The van der Waals surface area contributed by atoms with Crippen LogP contribution < -0.4 is 14.2 Å². The summed E-state index contributed by atoms with van der Waals surface area (Å²) in [5.41, 5.74) is 0.574. The quantitative estimate of drug-likeness (QED) is 0.228. The first-order valence-electron chi connectivity index (χ1n) is 17.6. The van der Waals surface area contributed by atoms with Crippen LogP contribution in [0, 0.1) is 17.7 Å². The first-order chi connectivity index (χ1) is 24.9. The van der Waals surface area contributed by atoms with Crippen molar-refractivity contribution in [3.8, 4) is 17.2 Å². The van der Waals surface area contributed by atoms with Gasteiger partial charge in [0.1, 0.15) is 30.0 Å². The van der Waals surface area contributed by atoms with Crippen molar-refractivity contribution < 1.29 is 50.8 Å². The van der Waals surface area contributed by atoms with E-state index >= 15 is 0 Å². The summed E-state index contributed by atoms with van der Waals surface area (Å²) >= 11 is 0. The lowest BCUT2D eigenvalue weighted by atomic mass is 9.99. The predicted octanol–water partition coefficient (Wildman–Crippen LogP) is 5.73. The van der Waals surface area contributed by atoms with Gasteiger partial charge in [0.25, 0.3) is 0 Å². The monoisotopic (exact) mass is 740 g/mol. The van der Waals surface area contributed by atoms with Gasteiger partial charge in [-0.15, -0.1) is 0 Å². The van der Waals surface area contributed by atoms with Crippen molar-refractivity contribution in [2.24, 2.45) is 11.8 Å². The first-order valence-corrected chi connectivity index (χ1v) is 19.1. The Kier molecular flexibility index (Phi) is 10.4. The zero-order valence-corrected chi connectivity index (χ0v) is 30.6. The third kappa shape index (κ3) is 7.72. The van der Waals surface area contributed by atoms with E-state index in [2.05, 4.69) is 0 Å². The Bertz CT molecular complexity index is 1840. The van der Waals surface area contributed by atoms with E-state index in [4.69, 9.17) is 33.2 Å². The average molecular weight is 741 g/mol. The molecule has 0 spiro atoms. The molecule has 0 radical (unpaired) electrons. The summed E-state index contributed by atoms with van der Waals surface area (Å²) in [6.45, 7) is 8.76. The van der Waals surface area contributed by atoms with Gasteiger partial charge < -0.3 is 33.2 Å². The fraction of sp³-hybridized carbons (Fsp3) is 0.500. The molecule has 0 aliphatic carbocycles. The van der Waals surface area contributed by atoms with Gasteiger partial charge in [-0.1, -0.05) is 38.1 Å². The molecule has 3 saturated heterocycles. The Hall–Kier alpha value is -3.95. The summed E-state index contributed by atoms with van der Waals surface area (Å²) < 4.78 is 84.2. The molecule has 5 atom stereocenters. The van der Waals surface area contributed by atoms with Crippen molar-refractivity contribution >= 4 is 16.1 Å². The van der Waals surface area contributed by atoms with Crippen LogP contribution in [0.25, 0.3) is 0 Å². The molecule has 4 aliphatic heterocycles. The van der Waals surface area contributed by atoms with Crippen molar-refractivity contribution in [2.75, 3.05) is 33.1 Å². The van der Waals surface area contributed by atoms with Crippen LogP contribution in [0.5, 0.6) is 17.2 Å². The van der Waals surface area contributed by atoms with Crippen LogP contribution in [0.1, 0.15) is 45.2 Å². The van der Waals surface area contributed by atoms with Crippen LogP contribution in [-0.2, 0) is 42.0 Å². The number of nitrogens with zero attached hydrogens (tertiary/aromatic N) is 2. The normalized spacial score (nSPS) is 24.8. The van der Waals surface area contributed by atoms with Crippen molar-refractivity contribution in [1.29, 1.82) is 0 Å². The lowest BCUT2D eigenvalue weighted by Crippen LogP contribution is -2.51. The molecule has 0 N–H and O–H groups in total. The van der Waals surface area contributed by atoms with Crippen LogP contribution in [-0.4, -0.2) is 87.1 Å². The molecule has 4 aliphatic rings. The number of fused-ring (bicyclic) bond motifs is 2. The van der Waals surface area contributed by atoms with Gasteiger partial charge in [-0.25, -0.2) is 17.6 Å². The second kappa shape index (κ2) is 14.8. The Balaban J connectivity index is 1.15. The van der Waals surface area contributed by atoms with Crippen molar-refractivity contribution in [2.45, 2.75) is 82.3 Å². The molecule has 14 heteroatoms. The highest BCUT2D eigenvalue weighted by molar-refractivity contribution is 7.89. The number of benzene rings is 3. The summed E-state index contributed by atoms with van der Waals surface area (Å²) in [4.78, 5) is 15.8. The first kappa shape index (κ1) is 36.4. The molecule has 4 heterocycles. The van der Waals surface area contributed by atoms with E-state index in [-0.39, 0.29) is 61.9 Å². The third-order valence-electron chi connectivity index (χ3n) is 9.84. The minimum Gasteiger partial charge on any atom is -0.489 e. The van der Waals surface area contributed by atoms with Gasteiger partial charge in [-0.2, -0.15) is 4.31 Å². The SMILES string of the molecule is CC(C)CN(C[C@@H]1OC(C)(C)N(C(=O)OC2COC3OCC[C@H]23)C1Cc1ccc(OCc2ccc(F)cc2)cc1)S(=O)(=O)c1ccc2c(c1)OCO2. The Morgan fingerprint density at radius 1 is 1.00 bits per heavy atom. The highest BCUT2D eigenvalue weighted by Crippen LogP contribution is 2.40. The second-order valence-electron chi connectivity index (χ2n) is 14.5. The number of amides is 1. The van der Waals surface area contributed by atoms with Gasteiger partial charge >= 0.3 is 6.09 Å². The van der Waals surface area contributed by atoms with Gasteiger partial charge in [-0.3, -0.25) is 4.90 Å². The lowest BCUT2D eigenvalue weighted by molar-refractivity contribution is -0.0911. The van der Waals surface area contributed by atoms with E-state index < -0.39 is 40.1 Å². The summed E-state index contributed by atoms with van der Waals surface area (Å²) in [6.07, 6.45) is -1.08. The smallest absolute Gasteiger partial charge is 0.412 e. The van der Waals surface area contributed by atoms with Crippen LogP contribution >= 0.6 is 0 Å². The number of ether oxygens (including phenoxy) is 7. The number of carbonyl (C=O) groups is 1. The fourth-order valence-corrected chi connectivity index (χ4v) is 8.95. The predicted molar refractivity (Wildman–Crippen MR) is 186 cm³/mol. The van der Waals surface area contributed by atoms with E-state index in [9.17, 15) is 17.6 Å². The molecular formula is C38H45FN2O10S. The summed E-state index contributed by atoms with van der Waals surface area (Å²) in [5.74, 6) is 1.10. The fourth-order valence-electron chi connectivity index (χ4n) is 7.32. The second-order valence-corrected chi connectivity index (χ2v) is 16.4. The topological polar surface area (TPSA) is 122 Å². The molecule has 280 valence electrons. The van der Waals surface area contributed by atoms with Crippen molar-refractivity contribution in [3.05, 3.63) is 83.7 Å². The van der Waals surface area contributed by atoms with Gasteiger partial charge in [0.15, 0.2) is 17.8 Å². The summed E-state index contributed by atoms with van der Waals surface area (Å²) in [7, 11) is -4.03. The Morgan fingerprint density at radius 3 is 2.48 bits per heavy atom. The maximum absolute atomic E-state index is 14.3. The highest BCUT2D eigenvalue weighted by atomic mass is 32.2. The minimum atomic E-state index is -4.03. The van der Waals surface area contributed by atoms with Crippen LogP contribution in [0.15, 0.2) is 71.6 Å². The largest absolute Gasteiger partial charge is 0.489 e. The van der Waals surface area contributed by atoms with Crippen molar-refractivity contribution in [3.63, 3.8) is 0 Å². The van der Waals surface area contributed by atoms with E-state index in [1.807, 2.05) is 38.1 Å². The van der Waals surface area contributed by atoms with E-state index in [1.54, 1.807) is 36.9 Å². The number of carbonyl (C=O) groups excluding carboxylic acids is 1. The number of hydrogen-bond donors (Lipinski definition) is 0. The Morgan fingerprint density at radius 2 is 1.73 bits per heavy atom. The number of hydrogen-bond acceptors (Lipinski definition) is 10. The standard InChI is InChI=1S/C38H45FN2O10S/c1-24(2)19-40(52(43,44)29-13-14-32-33(18-29)49-23-48-32)20-34-31(17-25-7-11-28(12-8-25)46-21-26-5-9-27(39)10-6-26)41(38(3,4)51-34)37(42)50-35-22-47-36-30(35)15-16-45-36/h5-14,18,24,30-31,34-36H,15-17,19-23H2,1-4H3/t30-,31?,34+,35?,36?/m1/s1. The van der Waals surface area contributed by atoms with Crippen LogP contribution in [0.4, 0.5) is 9.18 Å². The van der Waals surface area contributed by atoms with Crippen LogP contribution in [0.2, 0.25) is 0 Å². The van der Waals surface area contributed by atoms with E-state index in [0.717, 1.165) is 17.5 Å². The lowest BCUT2D eigenvalue weighted by Gasteiger charge is -2.34. The van der Waals surface area contributed by atoms with Crippen molar-refractivity contribution in [1.82, 2.24) is 9.21 Å². The van der Waals surface area contributed by atoms with Crippen LogP contribution in [0.3, 0.4) is 0 Å². The maximum Gasteiger partial charge on any atom is 0.412 e. The van der Waals surface area contributed by atoms with Gasteiger partial charge in [-0.05, 0) is 80.1 Å². The average Bonchev–Trinajstić information content (AvgIpc) is 3.89. The van der Waals surface area contributed by atoms with E-state index in [0.29, 0.717) is 30.3 Å². The molecule has 3 fully saturated rings. The minimum absolute atomic E-state index is 0.0101. The zero-order valence-electron chi connectivity index (χ0n) is 29.7. The summed E-state index contributed by atoms with van der Waals surface area (Å²) in [5, 5.41) is 0. The van der Waals surface area contributed by atoms with Gasteiger partial charge in [0.05, 0.1) is 36.2 Å². The number of rotatable bonds is 12. The molecule has 0 bridgehead atoms. The van der Waals surface area contributed by atoms with E-state index in [1.165, 1.54) is 28.6 Å². The number of halogens is 1. The molecule has 0 saturated carbocycles. The van der Waals surface area contributed by atoms with Gasteiger partial charge in [0, 0.05) is 19.2 Å². The third-order valence-corrected chi connectivity index (χ3v) is 11.7. The molecular weight excluding hydrogens is 695 g/mol. The molecule has 3 aromatic rings. The molecule has 1 amide bonds. The van der Waals surface area contributed by atoms with Gasteiger partial charge in [0.2, 0.25) is 16.8 Å². The summed E-state index contributed by atoms with van der Waals surface area (Å²) in [6, 6.07) is 17.6. The number of sulfonamides is 1.